The van der Waals surface area contributed by atoms with E-state index in [-0.39, 0.29) is 19.0 Å². The summed E-state index contributed by atoms with van der Waals surface area (Å²) in [5.41, 5.74) is 0.800. The molecule has 0 spiro atoms. The second-order valence-electron chi connectivity index (χ2n) is 7.01. The number of aromatic nitrogens is 4. The summed E-state index contributed by atoms with van der Waals surface area (Å²) in [4.78, 5) is 30.6. The molecule has 0 unspecified atom stereocenters. The van der Waals surface area contributed by atoms with Gasteiger partial charge in [0.2, 0.25) is 11.7 Å². The highest BCUT2D eigenvalue weighted by molar-refractivity contribution is 7.17. The first-order chi connectivity index (χ1) is 15.5. The Hall–Kier alpha value is -3.56. The summed E-state index contributed by atoms with van der Waals surface area (Å²) in [6.07, 6.45) is 0. The third-order valence-electron chi connectivity index (χ3n) is 4.97. The smallest absolute Gasteiger partial charge is 0.332 e. The van der Waals surface area contributed by atoms with Crippen LogP contribution in [-0.4, -0.2) is 19.3 Å². The van der Waals surface area contributed by atoms with Crippen LogP contribution in [0, 0.1) is 5.82 Å². The summed E-state index contributed by atoms with van der Waals surface area (Å²) >= 11 is 7.45. The Kier molecular flexibility index (Phi) is 5.20. The summed E-state index contributed by atoms with van der Waals surface area (Å²) in [7, 11) is 0. The number of nitrogens with zero attached hydrogens (tertiary/aromatic N) is 4. The van der Waals surface area contributed by atoms with Crippen LogP contribution in [0.15, 0.2) is 74.1 Å². The van der Waals surface area contributed by atoms with Crippen molar-refractivity contribution in [1.82, 2.24) is 19.3 Å². The molecule has 160 valence electrons. The molecule has 0 saturated carbocycles. The van der Waals surface area contributed by atoms with E-state index in [4.69, 9.17) is 16.1 Å². The molecular formula is C22H14ClFN4O3S. The molecule has 0 aliphatic carbocycles. The van der Waals surface area contributed by atoms with Gasteiger partial charge in [-0.3, -0.25) is 13.9 Å². The van der Waals surface area contributed by atoms with Gasteiger partial charge in [0.15, 0.2) is 0 Å². The lowest BCUT2D eigenvalue weighted by Gasteiger charge is -2.11. The van der Waals surface area contributed by atoms with Crippen molar-refractivity contribution in [3.8, 4) is 11.4 Å². The molecule has 5 aromatic rings. The van der Waals surface area contributed by atoms with E-state index < -0.39 is 17.1 Å². The Labute approximate surface area is 188 Å². The molecule has 0 bridgehead atoms. The van der Waals surface area contributed by atoms with Gasteiger partial charge in [0.25, 0.3) is 5.56 Å². The first kappa shape index (κ1) is 20.3. The fraction of sp³-hybridized carbons (Fsp3) is 0.0909. The average molecular weight is 469 g/mol. The Balaban J connectivity index is 1.57. The van der Waals surface area contributed by atoms with Gasteiger partial charge in [-0.1, -0.05) is 41.0 Å². The molecule has 7 nitrogen and oxygen atoms in total. The molecule has 3 heterocycles. The number of rotatable bonds is 5. The molecule has 2 aromatic carbocycles. The molecule has 0 saturated heterocycles. The lowest BCUT2D eigenvalue weighted by molar-refractivity contribution is 0.369. The Morgan fingerprint density at radius 2 is 1.78 bits per heavy atom. The monoisotopic (exact) mass is 468 g/mol. The van der Waals surface area contributed by atoms with Crippen LogP contribution in [0.5, 0.6) is 0 Å². The van der Waals surface area contributed by atoms with Crippen molar-refractivity contribution >= 4 is 33.2 Å². The molecule has 0 amide bonds. The van der Waals surface area contributed by atoms with Crippen LogP contribution in [0.3, 0.4) is 0 Å². The lowest BCUT2D eigenvalue weighted by atomic mass is 10.2. The maximum atomic E-state index is 13.3. The van der Waals surface area contributed by atoms with Crippen molar-refractivity contribution < 1.29 is 8.91 Å². The van der Waals surface area contributed by atoms with Crippen molar-refractivity contribution in [2.75, 3.05) is 0 Å². The van der Waals surface area contributed by atoms with Gasteiger partial charge >= 0.3 is 5.69 Å². The standard InChI is InChI=1S/C22H14ClFN4O3S/c23-16-4-2-1-3-15(16)20-25-18(31-26-20)12-27-17-9-10-32-19(17)21(29)28(22(27)30)11-13-5-7-14(24)8-6-13/h1-10H,11-12H2. The van der Waals surface area contributed by atoms with Crippen LogP contribution in [-0.2, 0) is 13.1 Å². The fourth-order valence-corrected chi connectivity index (χ4v) is 4.47. The fourth-order valence-electron chi connectivity index (χ4n) is 3.40. The summed E-state index contributed by atoms with van der Waals surface area (Å²) < 4.78 is 21.6. The number of benzene rings is 2. The molecule has 3 aromatic heterocycles. The molecule has 0 radical (unpaired) electrons. The van der Waals surface area contributed by atoms with Gasteiger partial charge in [0.05, 0.1) is 17.1 Å². The van der Waals surface area contributed by atoms with Gasteiger partial charge in [-0.15, -0.1) is 11.3 Å². The second kappa shape index (κ2) is 8.18. The summed E-state index contributed by atoms with van der Waals surface area (Å²) in [6, 6.07) is 14.5. The summed E-state index contributed by atoms with van der Waals surface area (Å²) in [5, 5.41) is 6.19. The second-order valence-corrected chi connectivity index (χ2v) is 8.34. The van der Waals surface area contributed by atoms with E-state index in [2.05, 4.69) is 10.1 Å². The molecule has 0 aliphatic heterocycles. The van der Waals surface area contributed by atoms with Crippen LogP contribution in [0.2, 0.25) is 5.02 Å². The van der Waals surface area contributed by atoms with Crippen LogP contribution >= 0.6 is 22.9 Å². The number of hydrogen-bond donors (Lipinski definition) is 0. The number of fused-ring (bicyclic) bond motifs is 1. The van der Waals surface area contributed by atoms with Crippen LogP contribution in [0.1, 0.15) is 11.5 Å². The molecule has 0 atom stereocenters. The number of hydrogen-bond acceptors (Lipinski definition) is 6. The van der Waals surface area contributed by atoms with Gasteiger partial charge in [0.1, 0.15) is 17.1 Å². The van der Waals surface area contributed by atoms with E-state index in [1.807, 2.05) is 6.07 Å². The molecule has 10 heteroatoms. The minimum Gasteiger partial charge on any atom is -0.337 e. The quantitative estimate of drug-likeness (QED) is 0.386. The zero-order chi connectivity index (χ0) is 22.2. The van der Waals surface area contributed by atoms with Gasteiger partial charge in [-0.2, -0.15) is 4.98 Å². The summed E-state index contributed by atoms with van der Waals surface area (Å²) in [6.45, 7) is -0.00624. The van der Waals surface area contributed by atoms with Crippen molar-refractivity contribution in [1.29, 1.82) is 0 Å². The van der Waals surface area contributed by atoms with Gasteiger partial charge in [-0.25, -0.2) is 9.18 Å². The van der Waals surface area contributed by atoms with E-state index in [1.165, 1.54) is 40.2 Å². The van der Waals surface area contributed by atoms with Crippen molar-refractivity contribution in [3.63, 3.8) is 0 Å². The van der Waals surface area contributed by atoms with Gasteiger partial charge in [0, 0.05) is 5.56 Å². The van der Waals surface area contributed by atoms with Crippen molar-refractivity contribution in [3.05, 3.63) is 103 Å². The SMILES string of the molecule is O=c1c2sccc2n(Cc2nc(-c3ccccc3Cl)no2)c(=O)n1Cc1ccc(F)cc1. The third kappa shape index (κ3) is 3.65. The molecule has 32 heavy (non-hydrogen) atoms. The zero-order valence-electron chi connectivity index (χ0n) is 16.4. The normalized spacial score (nSPS) is 11.3. The van der Waals surface area contributed by atoms with E-state index in [0.29, 0.717) is 32.2 Å². The first-order valence-corrected chi connectivity index (χ1v) is 10.8. The molecule has 0 aliphatic rings. The van der Waals surface area contributed by atoms with Crippen LogP contribution < -0.4 is 11.2 Å². The predicted molar refractivity (Wildman–Crippen MR) is 120 cm³/mol. The predicted octanol–water partition coefficient (Wildman–Crippen LogP) is 4.16. The van der Waals surface area contributed by atoms with E-state index in [1.54, 1.807) is 29.6 Å². The molecule has 5 rings (SSSR count). The summed E-state index contributed by atoms with van der Waals surface area (Å²) in [5.74, 6) is 0.110. The van der Waals surface area contributed by atoms with Crippen LogP contribution in [0.25, 0.3) is 21.6 Å². The van der Waals surface area contributed by atoms with E-state index >= 15 is 0 Å². The Bertz CT molecular complexity index is 1550. The Morgan fingerprint density at radius 3 is 2.56 bits per heavy atom. The highest BCUT2D eigenvalue weighted by Gasteiger charge is 2.18. The largest absolute Gasteiger partial charge is 0.337 e. The Morgan fingerprint density at radius 1 is 1.00 bits per heavy atom. The number of thiophene rings is 1. The van der Waals surface area contributed by atoms with Crippen LogP contribution in [0.4, 0.5) is 4.39 Å². The highest BCUT2D eigenvalue weighted by Crippen LogP contribution is 2.25. The minimum atomic E-state index is -0.525. The van der Waals surface area contributed by atoms with Crippen molar-refractivity contribution in [2.24, 2.45) is 0 Å². The molecular weight excluding hydrogens is 455 g/mol. The van der Waals surface area contributed by atoms with Gasteiger partial charge in [-0.05, 0) is 41.3 Å². The maximum absolute atomic E-state index is 13.3. The average Bonchev–Trinajstić information content (AvgIpc) is 3.46. The third-order valence-corrected chi connectivity index (χ3v) is 6.19. The lowest BCUT2D eigenvalue weighted by Crippen LogP contribution is -2.40. The minimum absolute atomic E-state index is 0.0144. The highest BCUT2D eigenvalue weighted by atomic mass is 35.5. The maximum Gasteiger partial charge on any atom is 0.332 e. The zero-order valence-corrected chi connectivity index (χ0v) is 17.9. The molecule has 0 N–H and O–H groups in total. The van der Waals surface area contributed by atoms with E-state index in [0.717, 1.165) is 4.57 Å². The van der Waals surface area contributed by atoms with E-state index in [9.17, 15) is 14.0 Å². The van der Waals surface area contributed by atoms with Gasteiger partial charge < -0.3 is 4.52 Å². The van der Waals surface area contributed by atoms with Crippen molar-refractivity contribution in [2.45, 2.75) is 13.1 Å². The topological polar surface area (TPSA) is 82.9 Å². The first-order valence-electron chi connectivity index (χ1n) is 9.54. The number of halogens is 2. The molecule has 0 fully saturated rings.